The van der Waals surface area contributed by atoms with Gasteiger partial charge in [-0.05, 0) is 58.7 Å². The molecule has 2 aromatic carbocycles. The van der Waals surface area contributed by atoms with Crippen LogP contribution in [-0.4, -0.2) is 63.7 Å². The number of nitrogens with zero attached hydrogens (tertiary/aromatic N) is 1. The molecule has 226 valence electrons. The molecule has 1 fully saturated rings. The quantitative estimate of drug-likeness (QED) is 0.0489. The number of hydrogen-bond acceptors (Lipinski definition) is 10. The van der Waals surface area contributed by atoms with Gasteiger partial charge in [-0.25, -0.2) is 5.26 Å². The van der Waals surface area contributed by atoms with E-state index < -0.39 is 11.2 Å². The molecule has 1 saturated heterocycles. The number of rotatable bonds is 14. The molecule has 3 amide bonds. The van der Waals surface area contributed by atoms with Crippen LogP contribution in [-0.2, 0) is 33.3 Å². The molecular formula is C28H32ClN3O8S2. The van der Waals surface area contributed by atoms with Gasteiger partial charge in [0.15, 0.2) is 0 Å². The van der Waals surface area contributed by atoms with Gasteiger partial charge in [0.1, 0.15) is 12.3 Å². The molecule has 42 heavy (non-hydrogen) atoms. The summed E-state index contributed by atoms with van der Waals surface area (Å²) in [6.07, 6.45) is 1.73. The molecule has 0 saturated carbocycles. The topological polar surface area (TPSA) is 157 Å². The Labute approximate surface area is 258 Å². The molecule has 0 bridgehead atoms. The maximum Gasteiger partial charge on any atom is 0.302 e. The van der Waals surface area contributed by atoms with Gasteiger partial charge in [-0.1, -0.05) is 17.2 Å². The van der Waals surface area contributed by atoms with Crippen LogP contribution in [0.1, 0.15) is 56.6 Å². The third kappa shape index (κ3) is 8.33. The van der Waals surface area contributed by atoms with Gasteiger partial charge in [0.2, 0.25) is 17.7 Å². The normalized spacial score (nSPS) is 17.0. The Morgan fingerprint density at radius 2 is 1.81 bits per heavy atom. The predicted octanol–water partition coefficient (Wildman–Crippen LogP) is -0.0162. The highest BCUT2D eigenvalue weighted by atomic mass is 35.5. The monoisotopic (exact) mass is 637 g/mol. The zero-order valence-corrected chi connectivity index (χ0v) is 25.5. The summed E-state index contributed by atoms with van der Waals surface area (Å²) in [7, 11) is 0. The minimum Gasteiger partial charge on any atom is -1.00 e. The molecule has 2 aromatic rings. The minimum atomic E-state index is -0.419. The second kappa shape index (κ2) is 15.5. The van der Waals surface area contributed by atoms with Crippen molar-refractivity contribution in [2.75, 3.05) is 24.2 Å². The highest BCUT2D eigenvalue weighted by Crippen LogP contribution is 2.47. The van der Waals surface area contributed by atoms with Crippen LogP contribution in [0.3, 0.4) is 0 Å². The summed E-state index contributed by atoms with van der Waals surface area (Å²) < 4.78 is 9.89. The van der Waals surface area contributed by atoms with E-state index in [9.17, 15) is 19.2 Å². The van der Waals surface area contributed by atoms with Gasteiger partial charge in [0.25, 0.3) is 0 Å². The molecule has 0 aromatic heterocycles. The third-order valence-corrected chi connectivity index (χ3v) is 8.68. The maximum absolute atomic E-state index is 12.8. The SMILES string of the molecule is CC(=[NH2+])CCCSC1CC(=O)N(CCC(=O)Nc2ccc3c(c2)C(COC(C)=O)c2cc(SOOO)ccc2-3)C1=O.[Cl-]. The van der Waals surface area contributed by atoms with Gasteiger partial charge in [-0.3, -0.25) is 29.5 Å². The van der Waals surface area contributed by atoms with Crippen molar-refractivity contribution in [3.63, 3.8) is 0 Å². The van der Waals surface area contributed by atoms with Crippen molar-refractivity contribution >= 4 is 58.9 Å². The Morgan fingerprint density at radius 3 is 2.50 bits per heavy atom. The summed E-state index contributed by atoms with van der Waals surface area (Å²) >= 11 is 2.29. The standard InChI is InChI=1S/C28H31N3O8S2.ClH/c1-16(29)4-3-11-40-25-14-27(34)31(28(25)35)10-9-26(33)30-18-5-7-20-21-8-6-19(41-39-38-36)13-23(21)24(22(20)12-18)15-37-17(2)32;/h5-8,12-13,24-25,29,36H,3-4,9-11,14-15H2,1-2H3,(H,30,33);1H. The average molecular weight is 638 g/mol. The van der Waals surface area contributed by atoms with Crippen LogP contribution in [0.5, 0.6) is 0 Å². The Balaban J connectivity index is 0.00000484. The van der Waals surface area contributed by atoms with E-state index in [0.717, 1.165) is 58.6 Å². The number of esters is 1. The van der Waals surface area contributed by atoms with E-state index in [0.29, 0.717) is 10.6 Å². The van der Waals surface area contributed by atoms with E-state index in [-0.39, 0.29) is 62.0 Å². The van der Waals surface area contributed by atoms with E-state index in [1.54, 1.807) is 12.1 Å². The zero-order valence-electron chi connectivity index (χ0n) is 23.1. The number of ether oxygens (including phenoxy) is 1. The van der Waals surface area contributed by atoms with Crippen LogP contribution in [0.15, 0.2) is 41.3 Å². The van der Waals surface area contributed by atoms with E-state index >= 15 is 0 Å². The van der Waals surface area contributed by atoms with Crippen LogP contribution < -0.4 is 23.1 Å². The first-order valence-electron chi connectivity index (χ1n) is 13.1. The van der Waals surface area contributed by atoms with Crippen molar-refractivity contribution < 1.29 is 56.4 Å². The van der Waals surface area contributed by atoms with Crippen molar-refractivity contribution in [1.29, 1.82) is 0 Å². The molecule has 1 heterocycles. The first kappa shape index (κ1) is 33.6. The van der Waals surface area contributed by atoms with E-state index in [1.165, 1.54) is 23.6 Å². The first-order valence-corrected chi connectivity index (χ1v) is 14.9. The molecule has 11 nitrogen and oxygen atoms in total. The van der Waals surface area contributed by atoms with Gasteiger partial charge in [-0.15, -0.1) is 16.1 Å². The number of likely N-dealkylation sites (tertiary alicyclic amines) is 1. The van der Waals surface area contributed by atoms with Crippen molar-refractivity contribution in [3.8, 4) is 11.1 Å². The Bertz CT molecular complexity index is 1360. The third-order valence-electron chi connectivity index (χ3n) is 6.81. The van der Waals surface area contributed by atoms with Crippen LogP contribution in [0, 0.1) is 0 Å². The number of thioether (sulfide) groups is 1. The van der Waals surface area contributed by atoms with Crippen molar-refractivity contribution in [3.05, 3.63) is 47.5 Å². The lowest BCUT2D eigenvalue weighted by Crippen LogP contribution is -3.00. The highest BCUT2D eigenvalue weighted by molar-refractivity contribution is 8.00. The molecule has 0 spiro atoms. The van der Waals surface area contributed by atoms with Crippen molar-refractivity contribution in [2.45, 2.75) is 55.6 Å². The van der Waals surface area contributed by atoms with Crippen LogP contribution in [0.25, 0.3) is 11.1 Å². The summed E-state index contributed by atoms with van der Waals surface area (Å²) in [5, 5.41) is 20.3. The molecule has 1 aliphatic heterocycles. The summed E-state index contributed by atoms with van der Waals surface area (Å²) in [5.74, 6) is -0.821. The summed E-state index contributed by atoms with van der Waals surface area (Å²) in [5.41, 5.74) is 5.02. The van der Waals surface area contributed by atoms with E-state index in [2.05, 4.69) is 14.7 Å². The number of anilines is 1. The second-order valence-corrected chi connectivity index (χ2v) is 11.9. The first-order chi connectivity index (χ1) is 19.7. The Hall–Kier alpha value is -2.94. The molecule has 14 heteroatoms. The number of imide groups is 1. The number of halogens is 1. The molecule has 2 unspecified atom stereocenters. The Kier molecular flexibility index (Phi) is 12.4. The van der Waals surface area contributed by atoms with Gasteiger partial charge in [0, 0.05) is 56.2 Å². The lowest BCUT2D eigenvalue weighted by atomic mass is 9.97. The molecule has 2 atom stereocenters. The van der Waals surface area contributed by atoms with E-state index in [1.807, 2.05) is 31.2 Å². The number of nitrogens with one attached hydrogen (secondary N) is 1. The fraction of sp³-hybridized carbons (Fsp3) is 0.393. The number of nitrogens with two attached hydrogens (primary N) is 1. The fourth-order valence-electron chi connectivity index (χ4n) is 4.93. The smallest absolute Gasteiger partial charge is 0.302 e. The van der Waals surface area contributed by atoms with Gasteiger partial charge in [0.05, 0.1) is 17.3 Å². The van der Waals surface area contributed by atoms with E-state index in [4.69, 9.17) is 15.4 Å². The number of carbonyl (C=O) groups is 4. The second-order valence-electron chi connectivity index (χ2n) is 9.83. The van der Waals surface area contributed by atoms with Crippen LogP contribution in [0.4, 0.5) is 5.69 Å². The molecule has 4 N–H and O–H groups in total. The highest BCUT2D eigenvalue weighted by Gasteiger charge is 2.38. The van der Waals surface area contributed by atoms with Gasteiger partial charge in [-0.2, -0.15) is 0 Å². The fourth-order valence-corrected chi connectivity index (χ4v) is 6.47. The Morgan fingerprint density at radius 1 is 1.10 bits per heavy atom. The predicted molar refractivity (Wildman–Crippen MR) is 154 cm³/mol. The lowest BCUT2D eigenvalue weighted by Gasteiger charge is -2.16. The summed E-state index contributed by atoms with van der Waals surface area (Å²) in [6, 6.07) is 11.1. The largest absolute Gasteiger partial charge is 1.00 e. The summed E-state index contributed by atoms with van der Waals surface area (Å²) in [6.45, 7) is 3.31. The molecular weight excluding hydrogens is 606 g/mol. The minimum absolute atomic E-state index is 0. The maximum atomic E-state index is 12.8. The number of benzene rings is 2. The van der Waals surface area contributed by atoms with Gasteiger partial charge < -0.3 is 22.5 Å². The number of hydrogen-bond donors (Lipinski definition) is 3. The number of fused-ring (bicyclic) bond motifs is 3. The summed E-state index contributed by atoms with van der Waals surface area (Å²) in [4.78, 5) is 51.4. The van der Waals surface area contributed by atoms with Crippen molar-refractivity contribution in [2.24, 2.45) is 0 Å². The van der Waals surface area contributed by atoms with Crippen LogP contribution >= 0.6 is 23.8 Å². The van der Waals surface area contributed by atoms with Crippen LogP contribution in [0.2, 0.25) is 0 Å². The zero-order chi connectivity index (χ0) is 29.5. The van der Waals surface area contributed by atoms with Gasteiger partial charge >= 0.3 is 5.97 Å². The lowest BCUT2D eigenvalue weighted by molar-refractivity contribution is -0.432. The van der Waals surface area contributed by atoms with Crippen molar-refractivity contribution in [1.82, 2.24) is 4.90 Å². The molecule has 0 radical (unpaired) electrons. The molecule has 4 rings (SSSR count). The molecule has 2 aliphatic rings. The average Bonchev–Trinajstić information content (AvgIpc) is 3.38. The number of carbonyl (C=O) groups excluding carboxylic acids is 4. The number of amides is 3. The molecule has 1 aliphatic carbocycles.